The first-order chi connectivity index (χ1) is 6.28. The molecule has 1 fully saturated rings. The van der Waals surface area contributed by atoms with Crippen molar-refractivity contribution in [3.63, 3.8) is 0 Å². The molecule has 1 saturated heterocycles. The van der Waals surface area contributed by atoms with Crippen molar-refractivity contribution in [2.24, 2.45) is 0 Å². The largest absolute Gasteiger partial charge is 0.447 e. The van der Waals surface area contributed by atoms with Gasteiger partial charge in [-0.1, -0.05) is 0 Å². The summed E-state index contributed by atoms with van der Waals surface area (Å²) in [5.41, 5.74) is 0. The second-order valence-electron chi connectivity index (χ2n) is 4.24. The highest BCUT2D eigenvalue weighted by Gasteiger charge is 2.48. The molecule has 4 nitrogen and oxygen atoms in total. The minimum Gasteiger partial charge on any atom is -0.447 e. The number of thioether (sulfide) groups is 1. The Balaban J connectivity index is 2.88. The third-order valence-corrected chi connectivity index (χ3v) is 3.36. The molecule has 1 unspecified atom stereocenters. The van der Waals surface area contributed by atoms with Gasteiger partial charge < -0.3 is 10.1 Å². The Kier molecular flexibility index (Phi) is 2.81. The van der Waals surface area contributed by atoms with Gasteiger partial charge in [-0.05, 0) is 27.7 Å². The lowest BCUT2D eigenvalue weighted by Gasteiger charge is -2.43. The van der Waals surface area contributed by atoms with E-state index in [0.717, 1.165) is 0 Å². The Morgan fingerprint density at radius 1 is 1.43 bits per heavy atom. The van der Waals surface area contributed by atoms with Gasteiger partial charge in [0.1, 0.15) is 6.04 Å². The quantitative estimate of drug-likeness (QED) is 0.551. The Bertz CT molecular complexity index is 263. The summed E-state index contributed by atoms with van der Waals surface area (Å²) in [6, 6.07) is -0.571. The molecule has 0 saturated carbocycles. The van der Waals surface area contributed by atoms with E-state index in [2.05, 4.69) is 5.32 Å². The molecule has 0 aromatic carbocycles. The van der Waals surface area contributed by atoms with Crippen LogP contribution >= 0.6 is 11.8 Å². The van der Waals surface area contributed by atoms with Gasteiger partial charge in [0.05, 0.1) is 0 Å². The number of cyclic esters (lactones) is 1. The normalized spacial score (nSPS) is 29.1. The van der Waals surface area contributed by atoms with Gasteiger partial charge in [0.2, 0.25) is 6.41 Å². The van der Waals surface area contributed by atoms with Crippen LogP contribution in [-0.2, 0) is 14.3 Å². The van der Waals surface area contributed by atoms with Crippen molar-refractivity contribution in [1.29, 1.82) is 0 Å². The molecule has 1 heterocycles. The van der Waals surface area contributed by atoms with Crippen LogP contribution < -0.4 is 5.32 Å². The van der Waals surface area contributed by atoms with Crippen molar-refractivity contribution >= 4 is 24.1 Å². The highest BCUT2D eigenvalue weighted by atomic mass is 32.2. The molecule has 1 rings (SSSR count). The third kappa shape index (κ3) is 2.20. The van der Waals surface area contributed by atoms with Crippen LogP contribution in [0.3, 0.4) is 0 Å². The maximum absolute atomic E-state index is 11.6. The second-order valence-corrected chi connectivity index (χ2v) is 6.48. The van der Waals surface area contributed by atoms with E-state index in [-0.39, 0.29) is 10.7 Å². The molecule has 1 N–H and O–H groups in total. The number of hydrogen-bond donors (Lipinski definition) is 1. The summed E-state index contributed by atoms with van der Waals surface area (Å²) in [4.78, 5) is 21.4. The van der Waals surface area contributed by atoms with Crippen molar-refractivity contribution in [1.82, 2.24) is 5.32 Å². The zero-order chi connectivity index (χ0) is 11.0. The predicted molar refractivity (Wildman–Crippen MR) is 54.8 cm³/mol. The highest BCUT2D eigenvalue weighted by molar-refractivity contribution is 8.01. The van der Waals surface area contributed by atoms with Crippen molar-refractivity contribution in [2.45, 2.75) is 43.4 Å². The number of esters is 1. The minimum absolute atomic E-state index is 0.347. The molecule has 80 valence electrons. The molecule has 0 aromatic rings. The first-order valence-electron chi connectivity index (χ1n) is 4.41. The van der Waals surface area contributed by atoms with Gasteiger partial charge >= 0.3 is 5.97 Å². The van der Waals surface area contributed by atoms with E-state index in [1.54, 1.807) is 0 Å². The smallest absolute Gasteiger partial charge is 0.331 e. The summed E-state index contributed by atoms with van der Waals surface area (Å²) < 4.78 is 4.83. The topological polar surface area (TPSA) is 55.4 Å². The summed E-state index contributed by atoms with van der Waals surface area (Å²) in [7, 11) is 0. The number of carbonyl (C=O) groups excluding carboxylic acids is 2. The summed E-state index contributed by atoms with van der Waals surface area (Å²) >= 11 is 1.53. The van der Waals surface area contributed by atoms with Crippen molar-refractivity contribution in [3.8, 4) is 0 Å². The number of rotatable bonds is 2. The van der Waals surface area contributed by atoms with Crippen LogP contribution in [0.1, 0.15) is 27.7 Å². The molecule has 1 aliphatic rings. The lowest BCUT2D eigenvalue weighted by atomic mass is 10.0. The lowest BCUT2D eigenvalue weighted by molar-refractivity contribution is -0.155. The maximum atomic E-state index is 11.6. The minimum atomic E-state index is -0.571. The zero-order valence-electron chi connectivity index (χ0n) is 8.79. The second kappa shape index (κ2) is 3.46. The lowest BCUT2D eigenvalue weighted by Crippen LogP contribution is -2.57. The zero-order valence-corrected chi connectivity index (χ0v) is 9.60. The maximum Gasteiger partial charge on any atom is 0.331 e. The van der Waals surface area contributed by atoms with Crippen molar-refractivity contribution < 1.29 is 14.3 Å². The molecule has 0 bridgehead atoms. The fourth-order valence-electron chi connectivity index (χ4n) is 1.64. The van der Waals surface area contributed by atoms with Gasteiger partial charge in [-0.25, -0.2) is 4.79 Å². The first kappa shape index (κ1) is 11.4. The number of hydrogen-bond acceptors (Lipinski definition) is 4. The van der Waals surface area contributed by atoms with Crippen molar-refractivity contribution in [3.05, 3.63) is 0 Å². The third-order valence-electron chi connectivity index (χ3n) is 2.02. The van der Waals surface area contributed by atoms with Gasteiger partial charge in [0.25, 0.3) is 0 Å². The molecule has 0 aliphatic carbocycles. The first-order valence-corrected chi connectivity index (χ1v) is 5.23. The number of amides is 1. The van der Waals surface area contributed by atoms with Gasteiger partial charge in [-0.15, -0.1) is 11.8 Å². The molecule has 5 heteroatoms. The fourth-order valence-corrected chi connectivity index (χ4v) is 3.31. The SMILES string of the molecule is CC1(C)OC(=O)C(NC=O)C(C)(C)S1. The fraction of sp³-hybridized carbons (Fsp3) is 0.778. The van der Waals surface area contributed by atoms with E-state index < -0.39 is 11.0 Å². The highest BCUT2D eigenvalue weighted by Crippen LogP contribution is 2.43. The van der Waals surface area contributed by atoms with Crippen LogP contribution in [0.2, 0.25) is 0 Å². The Morgan fingerprint density at radius 2 is 2.00 bits per heavy atom. The summed E-state index contributed by atoms with van der Waals surface area (Å²) in [6.07, 6.45) is 0.534. The molecule has 0 radical (unpaired) electrons. The monoisotopic (exact) mass is 217 g/mol. The average Bonchev–Trinajstić information content (AvgIpc) is 1.93. The molecular weight excluding hydrogens is 202 g/mol. The standard InChI is InChI=1S/C9H15NO3S/c1-8(2)6(10-5-11)7(12)13-9(3,4)14-8/h5-6H,1-4H3,(H,10,11). The summed E-state index contributed by atoms with van der Waals surface area (Å²) in [5, 5.41) is 2.49. The summed E-state index contributed by atoms with van der Waals surface area (Å²) in [6.45, 7) is 7.52. The van der Waals surface area contributed by atoms with E-state index >= 15 is 0 Å². The Labute approximate surface area is 87.8 Å². The van der Waals surface area contributed by atoms with Gasteiger partial charge in [0, 0.05) is 4.75 Å². The molecule has 1 amide bonds. The van der Waals surface area contributed by atoms with Crippen LogP contribution in [0.5, 0.6) is 0 Å². The van der Waals surface area contributed by atoms with Crippen LogP contribution in [0.15, 0.2) is 0 Å². The Morgan fingerprint density at radius 3 is 2.43 bits per heavy atom. The summed E-state index contributed by atoms with van der Waals surface area (Å²) in [5.74, 6) is -0.370. The molecule has 1 atom stereocenters. The Hall–Kier alpha value is -0.710. The molecular formula is C9H15NO3S. The number of nitrogens with one attached hydrogen (secondary N) is 1. The van der Waals surface area contributed by atoms with E-state index in [0.29, 0.717) is 6.41 Å². The molecule has 0 spiro atoms. The van der Waals surface area contributed by atoms with E-state index in [4.69, 9.17) is 4.74 Å². The van der Waals surface area contributed by atoms with Crippen LogP contribution in [-0.4, -0.2) is 28.1 Å². The van der Waals surface area contributed by atoms with Crippen LogP contribution in [0, 0.1) is 0 Å². The van der Waals surface area contributed by atoms with Gasteiger partial charge in [-0.2, -0.15) is 0 Å². The van der Waals surface area contributed by atoms with Crippen LogP contribution in [0.4, 0.5) is 0 Å². The van der Waals surface area contributed by atoms with Gasteiger partial charge in [-0.3, -0.25) is 4.79 Å². The van der Waals surface area contributed by atoms with E-state index in [1.807, 2.05) is 27.7 Å². The number of carbonyl (C=O) groups is 2. The predicted octanol–water partition coefficient (Wildman–Crippen LogP) is 0.906. The molecule has 1 aliphatic heterocycles. The number of ether oxygens (including phenoxy) is 1. The van der Waals surface area contributed by atoms with E-state index in [9.17, 15) is 9.59 Å². The average molecular weight is 217 g/mol. The van der Waals surface area contributed by atoms with E-state index in [1.165, 1.54) is 11.8 Å². The van der Waals surface area contributed by atoms with Crippen LogP contribution in [0.25, 0.3) is 0 Å². The van der Waals surface area contributed by atoms with Gasteiger partial charge in [0.15, 0.2) is 4.93 Å². The molecule has 14 heavy (non-hydrogen) atoms. The van der Waals surface area contributed by atoms with Crippen molar-refractivity contribution in [2.75, 3.05) is 0 Å². The molecule has 0 aromatic heterocycles.